The van der Waals surface area contributed by atoms with E-state index in [1.165, 1.54) is 13.3 Å². The first-order chi connectivity index (χ1) is 4.91. The van der Waals surface area contributed by atoms with Crippen LogP contribution in [-0.2, 0) is 14.2 Å². The lowest BCUT2D eigenvalue weighted by atomic mass is 10.3. The fourth-order valence-corrected chi connectivity index (χ4v) is 2.28. The fraction of sp³-hybridized carbons (Fsp3) is 0.667. The van der Waals surface area contributed by atoms with Crippen molar-refractivity contribution in [1.82, 2.24) is 5.32 Å². The van der Waals surface area contributed by atoms with Crippen LogP contribution in [0.2, 0.25) is 0 Å². The van der Waals surface area contributed by atoms with Crippen LogP contribution < -0.4 is 5.32 Å². The summed E-state index contributed by atoms with van der Waals surface area (Å²) in [5.74, 6) is -0.702. The molecule has 0 aliphatic carbocycles. The maximum Gasteiger partial charge on any atom is 0.237 e. The van der Waals surface area contributed by atoms with Crippen LogP contribution in [0.25, 0.3) is 0 Å². The Morgan fingerprint density at radius 1 is 1.45 bits per heavy atom. The van der Waals surface area contributed by atoms with Crippen molar-refractivity contribution in [2.24, 2.45) is 0 Å². The van der Waals surface area contributed by atoms with Crippen LogP contribution in [-0.4, -0.2) is 30.8 Å². The van der Waals surface area contributed by atoms with Crippen LogP contribution in [0.5, 0.6) is 0 Å². The van der Waals surface area contributed by atoms with Crippen molar-refractivity contribution in [3.8, 4) is 0 Å². The Bertz CT molecular complexity index is 255. The van der Waals surface area contributed by atoms with Crippen LogP contribution in [0.15, 0.2) is 0 Å². The molecule has 4 nitrogen and oxygen atoms in total. The molecule has 1 aliphatic heterocycles. The van der Waals surface area contributed by atoms with E-state index in [-0.39, 0.29) is 18.2 Å². The second-order valence-corrected chi connectivity index (χ2v) is 6.56. The molecule has 0 aromatic heterocycles. The summed E-state index contributed by atoms with van der Waals surface area (Å²) >= 11 is 0. The standard InChI is InChI=1S/C6H10NO3P/c1-11(2,10)4-3-5(8)7-6(4)9/h4H,3H2,1-2H3,(H,7,8,9). The van der Waals surface area contributed by atoms with Gasteiger partial charge in [0.05, 0.1) is 12.8 Å². The number of carbonyl (C=O) groups is 2. The van der Waals surface area contributed by atoms with E-state index in [1.54, 1.807) is 0 Å². The van der Waals surface area contributed by atoms with Crippen LogP contribution in [0.4, 0.5) is 0 Å². The Kier molecular flexibility index (Phi) is 1.89. The number of carbonyl (C=O) groups excluding carboxylic acids is 2. The van der Waals surface area contributed by atoms with Gasteiger partial charge in [-0.25, -0.2) is 0 Å². The highest BCUT2D eigenvalue weighted by atomic mass is 31.2. The smallest absolute Gasteiger partial charge is 0.237 e. The highest BCUT2D eigenvalue weighted by Crippen LogP contribution is 2.45. The third-order valence-electron chi connectivity index (χ3n) is 1.69. The summed E-state index contributed by atoms with van der Waals surface area (Å²) < 4.78 is 11.4. The number of hydrogen-bond donors (Lipinski definition) is 1. The highest BCUT2D eigenvalue weighted by Gasteiger charge is 2.38. The minimum atomic E-state index is -2.44. The molecule has 1 fully saturated rings. The van der Waals surface area contributed by atoms with Gasteiger partial charge in [0.25, 0.3) is 0 Å². The molecule has 5 heteroatoms. The minimum Gasteiger partial charge on any atom is -0.323 e. The van der Waals surface area contributed by atoms with Crippen LogP contribution in [0.3, 0.4) is 0 Å². The van der Waals surface area contributed by atoms with Gasteiger partial charge in [0.2, 0.25) is 11.8 Å². The predicted molar refractivity (Wildman–Crippen MR) is 41.0 cm³/mol. The molecular weight excluding hydrogens is 165 g/mol. The molecule has 1 unspecified atom stereocenters. The molecule has 62 valence electrons. The molecule has 1 heterocycles. The molecule has 1 atom stereocenters. The maximum atomic E-state index is 11.4. The Hall–Kier alpha value is -0.630. The van der Waals surface area contributed by atoms with Gasteiger partial charge in [-0.1, -0.05) is 0 Å². The monoisotopic (exact) mass is 175 g/mol. The van der Waals surface area contributed by atoms with E-state index in [4.69, 9.17) is 0 Å². The molecule has 1 aliphatic rings. The third kappa shape index (κ3) is 1.69. The van der Waals surface area contributed by atoms with E-state index in [2.05, 4.69) is 5.32 Å². The Labute approximate surface area is 64.7 Å². The summed E-state index contributed by atoms with van der Waals surface area (Å²) in [7, 11) is -2.44. The normalized spacial score (nSPS) is 25.5. The van der Waals surface area contributed by atoms with Crippen molar-refractivity contribution in [1.29, 1.82) is 0 Å². The number of imide groups is 1. The van der Waals surface area contributed by atoms with Gasteiger partial charge in [0, 0.05) is 6.42 Å². The minimum absolute atomic E-state index is 0.0864. The first-order valence-electron chi connectivity index (χ1n) is 3.29. The molecule has 0 spiro atoms. The SMILES string of the molecule is CP(C)(=O)C1CC(=O)NC1=O. The van der Waals surface area contributed by atoms with Gasteiger partial charge in [0.15, 0.2) is 0 Å². The molecule has 0 saturated carbocycles. The summed E-state index contributed by atoms with van der Waals surface area (Å²) in [5.41, 5.74) is -0.588. The lowest BCUT2D eigenvalue weighted by molar-refractivity contribution is -0.124. The zero-order chi connectivity index (χ0) is 8.65. The van der Waals surface area contributed by atoms with Crippen LogP contribution in [0.1, 0.15) is 6.42 Å². The first-order valence-corrected chi connectivity index (χ1v) is 5.96. The number of amides is 2. The number of rotatable bonds is 1. The molecular formula is C6H10NO3P. The zero-order valence-electron chi connectivity index (χ0n) is 6.46. The van der Waals surface area contributed by atoms with E-state index < -0.39 is 12.8 Å². The number of nitrogens with one attached hydrogen (secondary N) is 1. The van der Waals surface area contributed by atoms with Crippen molar-refractivity contribution in [2.45, 2.75) is 12.1 Å². The van der Waals surface area contributed by atoms with E-state index >= 15 is 0 Å². The third-order valence-corrected chi connectivity index (χ3v) is 3.61. The fourth-order valence-electron chi connectivity index (χ4n) is 1.04. The van der Waals surface area contributed by atoms with Crippen molar-refractivity contribution in [3.05, 3.63) is 0 Å². The lowest BCUT2D eigenvalue weighted by Gasteiger charge is -2.09. The Morgan fingerprint density at radius 2 is 2.00 bits per heavy atom. The van der Waals surface area contributed by atoms with Crippen molar-refractivity contribution < 1.29 is 14.2 Å². The molecule has 1 saturated heterocycles. The summed E-state index contributed by atoms with van der Waals surface area (Å²) in [6.45, 7) is 3.05. The summed E-state index contributed by atoms with van der Waals surface area (Å²) in [5, 5.41) is 2.12. The molecule has 1 rings (SSSR count). The summed E-state index contributed by atoms with van der Waals surface area (Å²) in [6, 6.07) is 0. The number of hydrogen-bond acceptors (Lipinski definition) is 3. The molecule has 0 aromatic rings. The molecule has 0 radical (unpaired) electrons. The van der Waals surface area contributed by atoms with Gasteiger partial charge < -0.3 is 4.57 Å². The van der Waals surface area contributed by atoms with Gasteiger partial charge in [0.1, 0.15) is 0 Å². The van der Waals surface area contributed by atoms with Crippen molar-refractivity contribution in [2.75, 3.05) is 13.3 Å². The van der Waals surface area contributed by atoms with E-state index in [1.807, 2.05) is 0 Å². The first kappa shape index (κ1) is 8.47. The average Bonchev–Trinajstić information content (AvgIpc) is 2.08. The van der Waals surface area contributed by atoms with Gasteiger partial charge in [-0.3, -0.25) is 14.9 Å². The summed E-state index contributed by atoms with van der Waals surface area (Å²) in [6.07, 6.45) is 0.0864. The van der Waals surface area contributed by atoms with Crippen LogP contribution in [0, 0.1) is 0 Å². The topological polar surface area (TPSA) is 63.2 Å². The largest absolute Gasteiger partial charge is 0.323 e. The van der Waals surface area contributed by atoms with Crippen molar-refractivity contribution >= 4 is 19.0 Å². The lowest BCUT2D eigenvalue weighted by Crippen LogP contribution is -2.24. The predicted octanol–water partition coefficient (Wildman–Crippen LogP) is 0.0242. The molecule has 0 aromatic carbocycles. The van der Waals surface area contributed by atoms with E-state index in [9.17, 15) is 14.2 Å². The van der Waals surface area contributed by atoms with E-state index in [0.29, 0.717) is 0 Å². The zero-order valence-corrected chi connectivity index (χ0v) is 7.35. The second-order valence-electron chi connectivity index (χ2n) is 3.07. The van der Waals surface area contributed by atoms with Crippen LogP contribution >= 0.6 is 7.14 Å². The van der Waals surface area contributed by atoms with Crippen molar-refractivity contribution in [3.63, 3.8) is 0 Å². The molecule has 1 N–H and O–H groups in total. The van der Waals surface area contributed by atoms with E-state index in [0.717, 1.165) is 0 Å². The highest BCUT2D eigenvalue weighted by molar-refractivity contribution is 7.64. The second kappa shape index (κ2) is 2.45. The Morgan fingerprint density at radius 3 is 2.18 bits per heavy atom. The molecule has 11 heavy (non-hydrogen) atoms. The quantitative estimate of drug-likeness (QED) is 0.451. The van der Waals surface area contributed by atoms with Gasteiger partial charge in [-0.05, 0) is 13.3 Å². The van der Waals surface area contributed by atoms with Gasteiger partial charge >= 0.3 is 0 Å². The Balaban J connectivity index is 2.84. The molecule has 2 amide bonds. The molecule has 0 bridgehead atoms. The van der Waals surface area contributed by atoms with Gasteiger partial charge in [-0.2, -0.15) is 0 Å². The van der Waals surface area contributed by atoms with Gasteiger partial charge in [-0.15, -0.1) is 0 Å². The maximum absolute atomic E-state index is 11.4. The summed E-state index contributed by atoms with van der Waals surface area (Å²) in [4.78, 5) is 21.6. The average molecular weight is 175 g/mol.